The number of ketones is 1. The Labute approximate surface area is 219 Å². The maximum absolute atomic E-state index is 13.7. The van der Waals surface area contributed by atoms with Gasteiger partial charge in [-0.25, -0.2) is 0 Å². The number of carbonyl (C=O) groups excluding carboxylic acids is 2. The predicted molar refractivity (Wildman–Crippen MR) is 140 cm³/mol. The number of morpholine rings is 1. The Kier molecular flexibility index (Phi) is 9.00. The van der Waals surface area contributed by atoms with Crippen LogP contribution in [0.25, 0.3) is 5.76 Å². The number of likely N-dealkylation sites (tertiary alicyclic amines) is 1. The van der Waals surface area contributed by atoms with Crippen LogP contribution in [0.5, 0.6) is 5.75 Å². The van der Waals surface area contributed by atoms with Gasteiger partial charge in [-0.05, 0) is 41.2 Å². The Balaban J connectivity index is 1.65. The first-order valence-electron chi connectivity index (χ1n) is 13.4. The third-order valence-electron chi connectivity index (χ3n) is 7.17. The average Bonchev–Trinajstić information content (AvgIpc) is 3.17. The Morgan fingerprint density at radius 2 is 1.76 bits per heavy atom. The Bertz CT molecular complexity index is 1100. The fourth-order valence-electron chi connectivity index (χ4n) is 5.00. The summed E-state index contributed by atoms with van der Waals surface area (Å²) in [5.41, 5.74) is 2.36. The molecule has 0 aromatic heterocycles. The third kappa shape index (κ3) is 6.22. The van der Waals surface area contributed by atoms with Gasteiger partial charge in [0.2, 0.25) is 5.78 Å². The summed E-state index contributed by atoms with van der Waals surface area (Å²) in [5.74, 6) is -0.675. The van der Waals surface area contributed by atoms with Gasteiger partial charge in [-0.1, -0.05) is 62.9 Å². The Morgan fingerprint density at radius 3 is 2.38 bits per heavy atom. The van der Waals surface area contributed by atoms with E-state index in [0.717, 1.165) is 56.8 Å². The van der Waals surface area contributed by atoms with Crippen LogP contribution in [0.1, 0.15) is 62.3 Å². The van der Waals surface area contributed by atoms with Crippen molar-refractivity contribution >= 4 is 17.4 Å². The highest BCUT2D eigenvalue weighted by atomic mass is 16.5. The summed E-state index contributed by atoms with van der Waals surface area (Å²) >= 11 is 0. The molecule has 0 aliphatic carbocycles. The van der Waals surface area contributed by atoms with Gasteiger partial charge in [-0.15, -0.1) is 0 Å². The van der Waals surface area contributed by atoms with Gasteiger partial charge in [-0.2, -0.15) is 0 Å². The van der Waals surface area contributed by atoms with Gasteiger partial charge in [0.15, 0.2) is 0 Å². The molecule has 2 aliphatic rings. The van der Waals surface area contributed by atoms with Crippen molar-refractivity contribution in [2.75, 3.05) is 46.0 Å². The highest BCUT2D eigenvalue weighted by Crippen LogP contribution is 2.39. The van der Waals surface area contributed by atoms with Crippen molar-refractivity contribution in [3.05, 3.63) is 70.8 Å². The normalized spacial score (nSPS) is 20.1. The lowest BCUT2D eigenvalue weighted by Gasteiger charge is -2.29. The zero-order valence-electron chi connectivity index (χ0n) is 22.1. The maximum atomic E-state index is 13.7. The quantitative estimate of drug-likeness (QED) is 0.303. The number of amides is 1. The van der Waals surface area contributed by atoms with Crippen LogP contribution in [0, 0.1) is 0 Å². The summed E-state index contributed by atoms with van der Waals surface area (Å²) in [4.78, 5) is 29.5. The first-order chi connectivity index (χ1) is 17.9. The van der Waals surface area contributed by atoms with Gasteiger partial charge in [-0.3, -0.25) is 9.59 Å². The molecule has 1 N–H and O–H groups in total. The van der Waals surface area contributed by atoms with E-state index in [1.165, 1.54) is 4.90 Å². The van der Waals surface area contributed by atoms with Gasteiger partial charge in [0.05, 0.1) is 32.4 Å². The molecule has 1 unspecified atom stereocenters. The summed E-state index contributed by atoms with van der Waals surface area (Å²) in [6, 6.07) is 14.0. The molecule has 0 bridgehead atoms. The monoisotopic (exact) mass is 506 g/mol. The second kappa shape index (κ2) is 12.4. The van der Waals surface area contributed by atoms with E-state index in [1.54, 1.807) is 29.2 Å². The first kappa shape index (κ1) is 26.9. The minimum absolute atomic E-state index is 0.0308. The number of carbonyl (C=O) groups is 2. The summed E-state index contributed by atoms with van der Waals surface area (Å²) in [6.07, 6.45) is 1.63. The molecule has 198 valence electrons. The molecular weight excluding hydrogens is 468 g/mol. The molecule has 2 fully saturated rings. The number of ether oxygens (including phenoxy) is 2. The second-order valence-electron chi connectivity index (χ2n) is 10.1. The molecule has 0 spiro atoms. The number of hydrogen-bond acceptors (Lipinski definition) is 5. The number of benzene rings is 2. The lowest BCUT2D eigenvalue weighted by atomic mass is 9.93. The number of quaternary nitrogens is 1. The molecule has 37 heavy (non-hydrogen) atoms. The smallest absolute Gasteiger partial charge is 0.295 e. The summed E-state index contributed by atoms with van der Waals surface area (Å²) < 4.78 is 11.1. The zero-order valence-corrected chi connectivity index (χ0v) is 22.1. The van der Waals surface area contributed by atoms with E-state index in [4.69, 9.17) is 9.47 Å². The molecule has 1 atom stereocenters. The molecule has 7 heteroatoms. The fraction of sp³-hybridized carbons (Fsp3) is 0.467. The van der Waals surface area contributed by atoms with Crippen LogP contribution in [-0.4, -0.2) is 62.6 Å². The molecule has 1 amide bonds. The summed E-state index contributed by atoms with van der Waals surface area (Å²) in [7, 11) is 0. The van der Waals surface area contributed by atoms with Crippen molar-refractivity contribution in [3.63, 3.8) is 0 Å². The zero-order chi connectivity index (χ0) is 26.4. The number of hydrogen-bond donors (Lipinski definition) is 1. The fourth-order valence-corrected chi connectivity index (χ4v) is 5.00. The van der Waals surface area contributed by atoms with Gasteiger partial charge < -0.3 is 24.4 Å². The number of nitrogens with zero attached hydrogens (tertiary/aromatic N) is 1. The van der Waals surface area contributed by atoms with Crippen LogP contribution in [-0.2, 0) is 14.3 Å². The highest BCUT2D eigenvalue weighted by molar-refractivity contribution is 6.46. The lowest BCUT2D eigenvalue weighted by molar-refractivity contribution is -0.908. The third-order valence-corrected chi connectivity index (χ3v) is 7.17. The van der Waals surface area contributed by atoms with Crippen LogP contribution in [0.15, 0.2) is 54.1 Å². The molecule has 2 saturated heterocycles. The SMILES string of the molecule is CCCOc1ccc(C([O-])=C2C(=O)C(=O)N(CCC[NH+]3CCOCC3)C2c2ccc(C(C)C)cc2)cc1. The van der Waals surface area contributed by atoms with Crippen molar-refractivity contribution < 1.29 is 29.1 Å². The van der Waals surface area contributed by atoms with Crippen LogP contribution in [0.3, 0.4) is 0 Å². The number of rotatable bonds is 10. The van der Waals surface area contributed by atoms with Gasteiger partial charge in [0, 0.05) is 18.5 Å². The predicted octanol–water partition coefficient (Wildman–Crippen LogP) is 2.13. The standard InChI is InChI=1S/C30H38N2O5/c1-4-18-37-25-12-10-24(11-13-25)28(33)26-27(23-8-6-22(7-9-23)21(2)3)32(30(35)29(26)34)15-5-14-31-16-19-36-20-17-31/h6-13,21,27,33H,4-5,14-20H2,1-3H3. The van der Waals surface area contributed by atoms with Gasteiger partial charge in [0.25, 0.3) is 5.91 Å². The molecule has 7 nitrogen and oxygen atoms in total. The number of nitrogens with one attached hydrogen (secondary N) is 1. The molecule has 0 radical (unpaired) electrons. The van der Waals surface area contributed by atoms with E-state index in [1.807, 2.05) is 31.2 Å². The molecule has 4 rings (SSSR count). The van der Waals surface area contributed by atoms with Crippen LogP contribution < -0.4 is 14.7 Å². The topological polar surface area (TPSA) is 83.3 Å². The van der Waals surface area contributed by atoms with Gasteiger partial charge in [0.1, 0.15) is 18.8 Å². The maximum Gasteiger partial charge on any atom is 0.295 e. The van der Waals surface area contributed by atoms with Crippen molar-refractivity contribution in [3.8, 4) is 5.75 Å². The van der Waals surface area contributed by atoms with Crippen LogP contribution in [0.4, 0.5) is 0 Å². The van der Waals surface area contributed by atoms with Crippen LogP contribution in [0.2, 0.25) is 0 Å². The Hall–Kier alpha value is -3.16. The van der Waals surface area contributed by atoms with Crippen molar-refractivity contribution in [2.45, 2.75) is 45.6 Å². The van der Waals surface area contributed by atoms with Crippen molar-refractivity contribution in [1.29, 1.82) is 0 Å². The molecule has 2 aliphatic heterocycles. The van der Waals surface area contributed by atoms with E-state index in [9.17, 15) is 14.7 Å². The molecule has 2 aromatic rings. The first-order valence-corrected chi connectivity index (χ1v) is 13.4. The van der Waals surface area contributed by atoms with E-state index in [-0.39, 0.29) is 5.57 Å². The van der Waals surface area contributed by atoms with E-state index in [2.05, 4.69) is 13.8 Å². The number of Topliss-reactive ketones (excluding diaryl/α,β-unsaturated/α-hetero) is 1. The molecule has 2 aromatic carbocycles. The second-order valence-corrected chi connectivity index (χ2v) is 10.1. The average molecular weight is 507 g/mol. The summed E-state index contributed by atoms with van der Waals surface area (Å²) in [6.45, 7) is 11.6. The van der Waals surface area contributed by atoms with E-state index < -0.39 is 23.5 Å². The van der Waals surface area contributed by atoms with E-state index >= 15 is 0 Å². The van der Waals surface area contributed by atoms with Gasteiger partial charge >= 0.3 is 0 Å². The van der Waals surface area contributed by atoms with Crippen molar-refractivity contribution in [2.24, 2.45) is 0 Å². The lowest BCUT2D eigenvalue weighted by Crippen LogP contribution is -3.14. The highest BCUT2D eigenvalue weighted by Gasteiger charge is 2.44. The largest absolute Gasteiger partial charge is 0.872 e. The minimum Gasteiger partial charge on any atom is -0.872 e. The Morgan fingerprint density at radius 1 is 1.08 bits per heavy atom. The molecular formula is C30H38N2O5. The summed E-state index contributed by atoms with van der Waals surface area (Å²) in [5, 5.41) is 13.7. The van der Waals surface area contributed by atoms with Crippen LogP contribution >= 0.6 is 0 Å². The van der Waals surface area contributed by atoms with E-state index in [0.29, 0.717) is 30.4 Å². The van der Waals surface area contributed by atoms with Crippen molar-refractivity contribution in [1.82, 2.24) is 4.90 Å². The molecule has 2 heterocycles. The molecule has 0 saturated carbocycles. The minimum atomic E-state index is -0.701.